The number of aliphatic carboxylic acids is 1. The third-order valence-electron chi connectivity index (χ3n) is 4.85. The molecule has 1 aromatic carbocycles. The smallest absolute Gasteiger partial charge is 0.329 e. The highest BCUT2D eigenvalue weighted by Crippen LogP contribution is 2.51. The van der Waals surface area contributed by atoms with Crippen molar-refractivity contribution in [2.24, 2.45) is 5.92 Å². The third kappa shape index (κ3) is 2.17. The highest BCUT2D eigenvalue weighted by Gasteiger charge is 2.54. The molecular weight excluding hydrogens is 292 g/mol. The fourth-order valence-electron chi connectivity index (χ4n) is 3.39. The summed E-state index contributed by atoms with van der Waals surface area (Å²) in [6.07, 6.45) is 1.39. The van der Waals surface area contributed by atoms with Crippen molar-refractivity contribution in [2.45, 2.75) is 37.6 Å². The lowest BCUT2D eigenvalue weighted by Gasteiger charge is -2.31. The summed E-state index contributed by atoms with van der Waals surface area (Å²) in [4.78, 5) is 25.3. The zero-order valence-corrected chi connectivity index (χ0v) is 12.2. The van der Waals surface area contributed by atoms with Crippen molar-refractivity contribution in [2.75, 3.05) is 6.54 Å². The quantitative estimate of drug-likeness (QED) is 0.933. The predicted octanol–water partition coefficient (Wildman–Crippen LogP) is 2.53. The normalized spacial score (nSPS) is 30.4. The van der Waals surface area contributed by atoms with Gasteiger partial charge in [0.05, 0.1) is 0 Å². The average molecular weight is 309 g/mol. The van der Waals surface area contributed by atoms with Crippen LogP contribution in [0.4, 0.5) is 8.78 Å². The Morgan fingerprint density at radius 2 is 1.95 bits per heavy atom. The fraction of sp³-hybridized carbons (Fsp3) is 0.500. The standard InChI is InChI=1S/C16H17F2NO3/c1-16(15(21)22)6-3-7-19(16)14(20)10-8-9(10)13-11(17)4-2-5-12(13)18/h2,4-5,9-10H,3,6-8H2,1H3,(H,21,22). The number of carboxylic acid groups (broad SMARTS) is 1. The molecule has 0 bridgehead atoms. The Morgan fingerprint density at radius 3 is 2.55 bits per heavy atom. The van der Waals surface area contributed by atoms with E-state index < -0.39 is 35.0 Å². The Morgan fingerprint density at radius 1 is 1.32 bits per heavy atom. The number of carbonyl (C=O) groups is 2. The van der Waals surface area contributed by atoms with E-state index in [1.807, 2.05) is 0 Å². The van der Waals surface area contributed by atoms with Crippen molar-refractivity contribution in [1.82, 2.24) is 4.90 Å². The third-order valence-corrected chi connectivity index (χ3v) is 4.85. The van der Waals surface area contributed by atoms with Gasteiger partial charge in [0.1, 0.15) is 17.2 Å². The van der Waals surface area contributed by atoms with Crippen molar-refractivity contribution >= 4 is 11.9 Å². The Kier molecular flexibility index (Phi) is 3.42. The fourth-order valence-corrected chi connectivity index (χ4v) is 3.39. The first kappa shape index (κ1) is 14.9. The molecule has 3 atom stereocenters. The van der Waals surface area contributed by atoms with E-state index >= 15 is 0 Å². The van der Waals surface area contributed by atoms with Crippen LogP contribution < -0.4 is 0 Å². The number of benzene rings is 1. The molecule has 1 amide bonds. The van der Waals surface area contributed by atoms with Crippen LogP contribution in [0.25, 0.3) is 0 Å². The number of nitrogens with zero attached hydrogens (tertiary/aromatic N) is 1. The number of carboxylic acids is 1. The average Bonchev–Trinajstić information content (AvgIpc) is 3.12. The van der Waals surface area contributed by atoms with Gasteiger partial charge >= 0.3 is 5.97 Å². The van der Waals surface area contributed by atoms with Gasteiger partial charge in [-0.1, -0.05) is 6.07 Å². The van der Waals surface area contributed by atoms with Gasteiger partial charge in [-0.15, -0.1) is 0 Å². The van der Waals surface area contributed by atoms with Crippen molar-refractivity contribution in [3.8, 4) is 0 Å². The van der Waals surface area contributed by atoms with Gasteiger partial charge in [-0.05, 0) is 38.3 Å². The molecule has 1 aromatic rings. The van der Waals surface area contributed by atoms with E-state index in [0.717, 1.165) is 0 Å². The van der Waals surface area contributed by atoms with Crippen molar-refractivity contribution in [3.05, 3.63) is 35.4 Å². The largest absolute Gasteiger partial charge is 0.480 e. The Labute approximate surface area is 126 Å². The number of amides is 1. The minimum atomic E-state index is -1.21. The summed E-state index contributed by atoms with van der Waals surface area (Å²) in [6, 6.07) is 3.64. The monoisotopic (exact) mass is 309 g/mol. The second-order valence-corrected chi connectivity index (χ2v) is 6.26. The van der Waals surface area contributed by atoms with E-state index in [0.29, 0.717) is 25.8 Å². The summed E-state index contributed by atoms with van der Waals surface area (Å²) < 4.78 is 27.6. The van der Waals surface area contributed by atoms with Crippen LogP contribution in [-0.4, -0.2) is 34.0 Å². The molecule has 3 unspecified atom stereocenters. The Hall–Kier alpha value is -1.98. The van der Waals surface area contributed by atoms with Crippen molar-refractivity contribution in [3.63, 3.8) is 0 Å². The molecule has 1 saturated heterocycles. The molecule has 4 nitrogen and oxygen atoms in total. The summed E-state index contributed by atoms with van der Waals surface area (Å²) in [6.45, 7) is 1.91. The molecule has 1 aliphatic heterocycles. The summed E-state index contributed by atoms with van der Waals surface area (Å²) in [5, 5.41) is 9.35. The van der Waals surface area contributed by atoms with Crippen molar-refractivity contribution in [1.29, 1.82) is 0 Å². The van der Waals surface area contributed by atoms with Gasteiger partial charge in [0.15, 0.2) is 0 Å². The van der Waals surface area contributed by atoms with Gasteiger partial charge in [0, 0.05) is 23.9 Å². The van der Waals surface area contributed by atoms with Crippen LogP contribution >= 0.6 is 0 Å². The van der Waals surface area contributed by atoms with E-state index in [1.54, 1.807) is 0 Å². The second-order valence-electron chi connectivity index (χ2n) is 6.26. The lowest BCUT2D eigenvalue weighted by atomic mass is 9.98. The van der Waals surface area contributed by atoms with Crippen LogP contribution in [0.5, 0.6) is 0 Å². The molecule has 1 N–H and O–H groups in total. The molecule has 6 heteroatoms. The first-order valence-corrected chi connectivity index (χ1v) is 7.35. The van der Waals surface area contributed by atoms with Crippen LogP contribution in [0.3, 0.4) is 0 Å². The first-order valence-electron chi connectivity index (χ1n) is 7.35. The summed E-state index contributed by atoms with van der Waals surface area (Å²) in [5.74, 6) is -3.66. The summed E-state index contributed by atoms with van der Waals surface area (Å²) in [5.41, 5.74) is -1.27. The van der Waals surface area contributed by atoms with Crippen molar-refractivity contribution < 1.29 is 23.5 Å². The number of rotatable bonds is 3. The molecule has 1 heterocycles. The van der Waals surface area contributed by atoms with Crippen LogP contribution in [-0.2, 0) is 9.59 Å². The first-order chi connectivity index (χ1) is 10.4. The van der Waals surface area contributed by atoms with Gasteiger partial charge in [0.25, 0.3) is 0 Å². The van der Waals surface area contributed by atoms with E-state index in [1.165, 1.54) is 30.0 Å². The lowest BCUT2D eigenvalue weighted by molar-refractivity contribution is -0.155. The maximum absolute atomic E-state index is 13.8. The SMILES string of the molecule is CC1(C(=O)O)CCCN1C(=O)C1CC1c1c(F)cccc1F. The minimum Gasteiger partial charge on any atom is -0.480 e. The number of likely N-dealkylation sites (tertiary alicyclic amines) is 1. The molecule has 22 heavy (non-hydrogen) atoms. The van der Waals surface area contributed by atoms with Crippen LogP contribution in [0.1, 0.15) is 37.7 Å². The highest BCUT2D eigenvalue weighted by atomic mass is 19.1. The van der Waals surface area contributed by atoms with Gasteiger partial charge in [0.2, 0.25) is 5.91 Å². The Bertz CT molecular complexity index is 628. The molecular formula is C16H17F2NO3. The molecule has 0 spiro atoms. The molecule has 3 rings (SSSR count). The minimum absolute atomic E-state index is 0.0583. The van der Waals surface area contributed by atoms with E-state index in [-0.39, 0.29) is 11.5 Å². The van der Waals surface area contributed by atoms with Gasteiger partial charge in [-0.2, -0.15) is 0 Å². The molecule has 1 saturated carbocycles. The molecule has 118 valence electrons. The zero-order chi connectivity index (χ0) is 16.1. The van der Waals surface area contributed by atoms with Crippen LogP contribution in [0.15, 0.2) is 18.2 Å². The number of carbonyl (C=O) groups excluding carboxylic acids is 1. The van der Waals surface area contributed by atoms with Crippen LogP contribution in [0.2, 0.25) is 0 Å². The molecule has 0 aromatic heterocycles. The lowest BCUT2D eigenvalue weighted by Crippen LogP contribution is -2.51. The molecule has 1 aliphatic carbocycles. The summed E-state index contributed by atoms with van der Waals surface area (Å²) >= 11 is 0. The van der Waals surface area contributed by atoms with E-state index in [9.17, 15) is 23.5 Å². The maximum atomic E-state index is 13.8. The maximum Gasteiger partial charge on any atom is 0.329 e. The molecule has 2 aliphatic rings. The Balaban J connectivity index is 1.80. The number of hydrogen-bond acceptors (Lipinski definition) is 2. The van der Waals surface area contributed by atoms with E-state index in [4.69, 9.17) is 0 Å². The number of halogens is 2. The second kappa shape index (κ2) is 5.04. The van der Waals surface area contributed by atoms with Crippen LogP contribution in [0, 0.1) is 17.6 Å². The predicted molar refractivity (Wildman–Crippen MR) is 74.2 cm³/mol. The van der Waals surface area contributed by atoms with Gasteiger partial charge in [-0.3, -0.25) is 4.79 Å². The summed E-state index contributed by atoms with van der Waals surface area (Å²) in [7, 11) is 0. The van der Waals surface area contributed by atoms with Gasteiger partial charge in [-0.25, -0.2) is 13.6 Å². The number of hydrogen-bond donors (Lipinski definition) is 1. The molecule has 2 fully saturated rings. The molecule has 0 radical (unpaired) electrons. The van der Waals surface area contributed by atoms with Gasteiger partial charge < -0.3 is 10.0 Å². The zero-order valence-electron chi connectivity index (χ0n) is 12.2. The van der Waals surface area contributed by atoms with E-state index in [2.05, 4.69) is 0 Å². The highest BCUT2D eigenvalue weighted by molar-refractivity contribution is 5.90. The topological polar surface area (TPSA) is 57.6 Å².